The van der Waals surface area contributed by atoms with Crippen LogP contribution in [0.2, 0.25) is 0 Å². The van der Waals surface area contributed by atoms with Crippen LogP contribution < -0.4 is 5.32 Å². The Morgan fingerprint density at radius 1 is 1.16 bits per heavy atom. The minimum atomic E-state index is -4.49. The average molecular weight is 291 g/mol. The van der Waals surface area contributed by atoms with Crippen LogP contribution >= 0.6 is 0 Å². The van der Waals surface area contributed by atoms with E-state index >= 15 is 0 Å². The molecule has 0 heterocycles. The first-order chi connectivity index (χ1) is 8.78. The lowest BCUT2D eigenvalue weighted by atomic mass is 9.97. The zero-order chi connectivity index (χ0) is 14.6. The van der Waals surface area contributed by atoms with Gasteiger partial charge in [0.1, 0.15) is 0 Å². The highest BCUT2D eigenvalue weighted by atomic mass is 32.2. The van der Waals surface area contributed by atoms with Gasteiger partial charge in [-0.15, -0.1) is 0 Å². The van der Waals surface area contributed by atoms with Gasteiger partial charge in [-0.1, -0.05) is 26.0 Å². The molecule has 1 unspecified atom stereocenters. The maximum atomic E-state index is 12.4. The van der Waals surface area contributed by atoms with Crippen LogP contribution in [0.15, 0.2) is 29.2 Å². The van der Waals surface area contributed by atoms with E-state index in [9.17, 15) is 17.2 Å². The predicted octanol–water partition coefficient (Wildman–Crippen LogP) is 2.47. The van der Waals surface area contributed by atoms with E-state index in [2.05, 4.69) is 19.2 Å². The molecule has 6 heteroatoms. The highest BCUT2D eigenvalue weighted by Crippen LogP contribution is 2.19. The van der Waals surface area contributed by atoms with Crippen molar-refractivity contribution >= 4 is 9.84 Å². The zero-order valence-electron chi connectivity index (χ0n) is 11.2. The summed E-state index contributed by atoms with van der Waals surface area (Å²) in [6, 6.07) is 5.91. The molecule has 0 radical (unpaired) electrons. The highest BCUT2D eigenvalue weighted by Gasteiger charge is 2.26. The maximum absolute atomic E-state index is 12.4. The van der Waals surface area contributed by atoms with Crippen LogP contribution in [0, 0.1) is 5.92 Å². The Morgan fingerprint density at radius 2 is 1.68 bits per heavy atom. The normalized spacial score (nSPS) is 14.1. The number of hydrogen-bond donors (Lipinski definition) is 1. The fourth-order valence-corrected chi connectivity index (χ4v) is 2.56. The molecule has 0 aliphatic heterocycles. The summed E-state index contributed by atoms with van der Waals surface area (Å²) in [5.41, 5.74) is 0.918. The second-order valence-corrected chi connectivity index (χ2v) is 6.71. The second kappa shape index (κ2) is 6.43. The van der Waals surface area contributed by atoms with E-state index in [0.717, 1.165) is 12.0 Å². The van der Waals surface area contributed by atoms with E-state index in [-0.39, 0.29) is 10.9 Å². The number of nitrogens with one attached hydrogen (secondary N) is 1. The molecule has 19 heavy (non-hydrogen) atoms. The molecule has 108 valence electrons. The summed E-state index contributed by atoms with van der Waals surface area (Å²) in [4.78, 5) is -0.336. The first-order valence-corrected chi connectivity index (χ1v) is 7.62. The average Bonchev–Trinajstić information content (AvgIpc) is 2.35. The van der Waals surface area contributed by atoms with Gasteiger partial charge in [-0.05, 0) is 37.1 Å². The van der Waals surface area contributed by atoms with Gasteiger partial charge in [0.05, 0.1) is 4.90 Å². The van der Waals surface area contributed by atoms with Crippen molar-refractivity contribution in [3.8, 4) is 0 Å². The van der Waals surface area contributed by atoms with Gasteiger partial charge in [0.2, 0.25) is 9.84 Å². The van der Waals surface area contributed by atoms with Crippen molar-refractivity contribution in [2.45, 2.75) is 37.0 Å². The van der Waals surface area contributed by atoms with Gasteiger partial charge in [-0.25, -0.2) is 8.42 Å². The molecular weight excluding hydrogens is 272 g/mol. The van der Waals surface area contributed by atoms with E-state index in [1.807, 2.05) is 7.05 Å². The van der Waals surface area contributed by atoms with Crippen LogP contribution in [-0.2, 0) is 16.3 Å². The van der Waals surface area contributed by atoms with Crippen molar-refractivity contribution in [2.24, 2.45) is 5.92 Å². The summed E-state index contributed by atoms with van der Waals surface area (Å²) in [6.45, 7) is 4.16. The van der Waals surface area contributed by atoms with Crippen LogP contribution in [-0.4, -0.2) is 27.3 Å². The van der Waals surface area contributed by atoms with Gasteiger partial charge >= 0.3 is 5.76 Å². The Balaban J connectivity index is 2.89. The second-order valence-electron chi connectivity index (χ2n) is 4.79. The SMILES string of the molecule is CNC(Cc1ccc(S(=O)(=O)C(F)F)cc1)C(C)C. The summed E-state index contributed by atoms with van der Waals surface area (Å²) in [5, 5.41) is 3.17. The third-order valence-electron chi connectivity index (χ3n) is 3.12. The molecular formula is C13H19F2NO2S. The van der Waals surface area contributed by atoms with Crippen LogP contribution in [0.25, 0.3) is 0 Å². The first kappa shape index (κ1) is 16.0. The molecule has 0 aliphatic carbocycles. The van der Waals surface area contributed by atoms with E-state index in [1.54, 1.807) is 12.1 Å². The lowest BCUT2D eigenvalue weighted by molar-refractivity contribution is 0.234. The molecule has 0 saturated carbocycles. The largest absolute Gasteiger partial charge is 0.341 e. The number of halogens is 2. The lowest BCUT2D eigenvalue weighted by Crippen LogP contribution is -2.32. The Labute approximate surface area is 112 Å². The molecule has 1 rings (SSSR count). The van der Waals surface area contributed by atoms with Crippen LogP contribution in [0.1, 0.15) is 19.4 Å². The molecule has 0 spiro atoms. The molecule has 1 N–H and O–H groups in total. The fourth-order valence-electron chi connectivity index (χ4n) is 1.84. The Hall–Kier alpha value is -1.01. The number of rotatable bonds is 6. The van der Waals surface area contributed by atoms with Gasteiger partial charge in [0.25, 0.3) is 0 Å². The lowest BCUT2D eigenvalue weighted by Gasteiger charge is -2.20. The monoisotopic (exact) mass is 291 g/mol. The molecule has 3 nitrogen and oxygen atoms in total. The zero-order valence-corrected chi connectivity index (χ0v) is 12.0. The fraction of sp³-hybridized carbons (Fsp3) is 0.538. The first-order valence-electron chi connectivity index (χ1n) is 6.07. The number of benzene rings is 1. The van der Waals surface area contributed by atoms with Crippen molar-refractivity contribution in [3.05, 3.63) is 29.8 Å². The summed E-state index contributed by atoms with van der Waals surface area (Å²) in [5.74, 6) is -2.95. The molecule has 0 saturated heterocycles. The number of alkyl halides is 2. The quantitative estimate of drug-likeness (QED) is 0.876. The Bertz CT molecular complexity index is 498. The minimum absolute atomic E-state index is 0.262. The topological polar surface area (TPSA) is 46.2 Å². The molecule has 0 fully saturated rings. The van der Waals surface area contributed by atoms with Crippen molar-refractivity contribution in [2.75, 3.05) is 7.05 Å². The van der Waals surface area contributed by atoms with Crippen molar-refractivity contribution in [1.82, 2.24) is 5.32 Å². The highest BCUT2D eigenvalue weighted by molar-refractivity contribution is 7.91. The number of likely N-dealkylation sites (N-methyl/N-ethyl adjacent to an activating group) is 1. The van der Waals surface area contributed by atoms with Gasteiger partial charge in [-0.2, -0.15) is 8.78 Å². The van der Waals surface area contributed by atoms with Crippen LogP contribution in [0.5, 0.6) is 0 Å². The van der Waals surface area contributed by atoms with E-state index in [4.69, 9.17) is 0 Å². The Morgan fingerprint density at radius 3 is 2.05 bits per heavy atom. The summed E-state index contributed by atoms with van der Waals surface area (Å²) >= 11 is 0. The summed E-state index contributed by atoms with van der Waals surface area (Å²) < 4.78 is 47.3. The molecule has 1 aromatic carbocycles. The predicted molar refractivity (Wildman–Crippen MR) is 71.0 cm³/mol. The minimum Gasteiger partial charge on any atom is -0.316 e. The van der Waals surface area contributed by atoms with Crippen LogP contribution in [0.4, 0.5) is 8.78 Å². The molecule has 1 aromatic rings. The summed E-state index contributed by atoms with van der Waals surface area (Å²) in [7, 11) is -2.63. The standard InChI is InChI=1S/C13H19F2NO2S/c1-9(2)12(16-3)8-10-4-6-11(7-5-10)19(17,18)13(14)15/h4-7,9,12-13,16H,8H2,1-3H3. The van der Waals surface area contributed by atoms with Crippen molar-refractivity contribution < 1.29 is 17.2 Å². The van der Waals surface area contributed by atoms with Crippen molar-refractivity contribution in [1.29, 1.82) is 0 Å². The molecule has 0 aromatic heterocycles. The summed E-state index contributed by atoms with van der Waals surface area (Å²) in [6.07, 6.45) is 0.725. The Kier molecular flexibility index (Phi) is 5.43. The van der Waals surface area contributed by atoms with Crippen LogP contribution in [0.3, 0.4) is 0 Å². The molecule has 0 amide bonds. The smallest absolute Gasteiger partial charge is 0.316 e. The van der Waals surface area contributed by atoms with Crippen molar-refractivity contribution in [3.63, 3.8) is 0 Å². The molecule has 0 bridgehead atoms. The van der Waals surface area contributed by atoms with Gasteiger partial charge in [0, 0.05) is 6.04 Å². The van der Waals surface area contributed by atoms with E-state index in [0.29, 0.717) is 5.92 Å². The van der Waals surface area contributed by atoms with Gasteiger partial charge in [-0.3, -0.25) is 0 Å². The van der Waals surface area contributed by atoms with Gasteiger partial charge < -0.3 is 5.32 Å². The molecule has 0 aliphatic rings. The third kappa shape index (κ3) is 3.98. The number of sulfone groups is 1. The third-order valence-corrected chi connectivity index (χ3v) is 4.52. The van der Waals surface area contributed by atoms with E-state index < -0.39 is 15.6 Å². The van der Waals surface area contributed by atoms with E-state index in [1.165, 1.54) is 12.1 Å². The van der Waals surface area contributed by atoms with Gasteiger partial charge in [0.15, 0.2) is 0 Å². The number of hydrogen-bond acceptors (Lipinski definition) is 3. The maximum Gasteiger partial charge on any atom is 0.341 e. The molecule has 1 atom stereocenters.